The molecule has 1 atom stereocenters. The van der Waals surface area contributed by atoms with Crippen LogP contribution >= 0.6 is 22.9 Å². The van der Waals surface area contributed by atoms with Crippen molar-refractivity contribution in [2.45, 2.75) is 12.5 Å². The van der Waals surface area contributed by atoms with Crippen LogP contribution in [0.1, 0.15) is 16.5 Å². The number of thiophene rings is 1. The lowest BCUT2D eigenvalue weighted by Gasteiger charge is -2.07. The molecule has 74 valence electrons. The number of halogens is 1. The van der Waals surface area contributed by atoms with Crippen molar-refractivity contribution in [1.29, 1.82) is 0 Å². The number of hydrogen-bond donors (Lipinski definition) is 1. The monoisotopic (exact) mass is 227 g/mol. The molecule has 1 unspecified atom stereocenters. The molecule has 0 spiro atoms. The van der Waals surface area contributed by atoms with Crippen LogP contribution in [0.25, 0.3) is 0 Å². The second kappa shape index (κ2) is 4.17. The normalized spacial score (nSPS) is 13.0. The Morgan fingerprint density at radius 2 is 2.36 bits per heavy atom. The SMILES string of the molecule is NC(Cc1cccs1)c1ccoc1Cl. The Morgan fingerprint density at radius 3 is 2.93 bits per heavy atom. The fraction of sp³-hybridized carbons (Fsp3) is 0.200. The summed E-state index contributed by atoms with van der Waals surface area (Å²) in [5, 5.41) is 2.44. The highest BCUT2D eigenvalue weighted by Gasteiger charge is 2.13. The Morgan fingerprint density at radius 1 is 1.50 bits per heavy atom. The molecule has 2 aromatic rings. The second-order valence-corrected chi connectivity index (χ2v) is 4.42. The minimum atomic E-state index is -0.0834. The first-order valence-corrected chi connectivity index (χ1v) is 5.54. The maximum absolute atomic E-state index is 5.99. The van der Waals surface area contributed by atoms with E-state index < -0.39 is 0 Å². The van der Waals surface area contributed by atoms with Gasteiger partial charge >= 0.3 is 0 Å². The third-order valence-corrected chi connectivity index (χ3v) is 3.25. The first-order chi connectivity index (χ1) is 6.77. The molecule has 2 aromatic heterocycles. The van der Waals surface area contributed by atoms with Crippen LogP contribution in [0.15, 0.2) is 34.3 Å². The number of hydrogen-bond acceptors (Lipinski definition) is 3. The first-order valence-electron chi connectivity index (χ1n) is 4.28. The van der Waals surface area contributed by atoms with Gasteiger partial charge in [0.05, 0.1) is 6.26 Å². The van der Waals surface area contributed by atoms with E-state index >= 15 is 0 Å². The van der Waals surface area contributed by atoms with Gasteiger partial charge in [-0.1, -0.05) is 6.07 Å². The van der Waals surface area contributed by atoms with E-state index in [0.717, 1.165) is 12.0 Å². The van der Waals surface area contributed by atoms with Crippen molar-refractivity contribution in [3.05, 3.63) is 45.5 Å². The van der Waals surface area contributed by atoms with E-state index in [4.69, 9.17) is 21.8 Å². The van der Waals surface area contributed by atoms with Gasteiger partial charge in [0.2, 0.25) is 0 Å². The second-order valence-electron chi connectivity index (χ2n) is 3.04. The van der Waals surface area contributed by atoms with Crippen LogP contribution in [-0.2, 0) is 6.42 Å². The van der Waals surface area contributed by atoms with Crippen LogP contribution in [0.4, 0.5) is 0 Å². The van der Waals surface area contributed by atoms with Gasteiger partial charge < -0.3 is 10.2 Å². The minimum Gasteiger partial charge on any atom is -0.453 e. The molecule has 0 aromatic carbocycles. The van der Waals surface area contributed by atoms with Gasteiger partial charge in [-0.2, -0.15) is 0 Å². The predicted molar refractivity (Wildman–Crippen MR) is 58.7 cm³/mol. The Bertz CT molecular complexity index is 396. The Labute approximate surface area is 91.3 Å². The maximum Gasteiger partial charge on any atom is 0.197 e. The van der Waals surface area contributed by atoms with Crippen molar-refractivity contribution in [3.8, 4) is 0 Å². The summed E-state index contributed by atoms with van der Waals surface area (Å²) in [6, 6.07) is 5.82. The molecule has 14 heavy (non-hydrogen) atoms. The highest BCUT2D eigenvalue weighted by Crippen LogP contribution is 2.26. The van der Waals surface area contributed by atoms with Crippen molar-refractivity contribution in [1.82, 2.24) is 0 Å². The Balaban J connectivity index is 2.10. The quantitative estimate of drug-likeness (QED) is 0.875. The van der Waals surface area contributed by atoms with Crippen molar-refractivity contribution < 1.29 is 4.42 Å². The topological polar surface area (TPSA) is 39.2 Å². The molecule has 0 bridgehead atoms. The lowest BCUT2D eigenvalue weighted by molar-refractivity contribution is 0.561. The zero-order valence-corrected chi connectivity index (χ0v) is 9.02. The van der Waals surface area contributed by atoms with Crippen LogP contribution in [-0.4, -0.2) is 0 Å². The highest BCUT2D eigenvalue weighted by molar-refractivity contribution is 7.09. The lowest BCUT2D eigenvalue weighted by atomic mass is 10.1. The summed E-state index contributed by atoms with van der Waals surface area (Å²) in [6.45, 7) is 0. The van der Waals surface area contributed by atoms with Gasteiger partial charge in [0.1, 0.15) is 0 Å². The molecule has 0 aliphatic rings. The highest BCUT2D eigenvalue weighted by atomic mass is 35.5. The summed E-state index contributed by atoms with van der Waals surface area (Å²) >= 11 is 7.53. The van der Waals surface area contributed by atoms with E-state index in [0.29, 0.717) is 5.22 Å². The fourth-order valence-electron chi connectivity index (χ4n) is 1.33. The molecule has 0 fully saturated rings. The van der Waals surface area contributed by atoms with Gasteiger partial charge in [0.25, 0.3) is 0 Å². The van der Waals surface area contributed by atoms with Crippen molar-refractivity contribution in [2.24, 2.45) is 5.73 Å². The molecule has 4 heteroatoms. The molecule has 2 N–H and O–H groups in total. The third-order valence-electron chi connectivity index (χ3n) is 2.05. The Kier molecular flexibility index (Phi) is 2.91. The van der Waals surface area contributed by atoms with Crippen LogP contribution in [0.3, 0.4) is 0 Å². The van der Waals surface area contributed by atoms with E-state index in [2.05, 4.69) is 6.07 Å². The largest absolute Gasteiger partial charge is 0.453 e. The molecule has 0 saturated carbocycles. The van der Waals surface area contributed by atoms with Gasteiger partial charge in [-0.15, -0.1) is 11.3 Å². The summed E-state index contributed by atoms with van der Waals surface area (Å²) in [5.74, 6) is 0. The molecule has 0 aliphatic heterocycles. The molecule has 0 amide bonds. The average molecular weight is 228 g/mol. The summed E-state index contributed by atoms with van der Waals surface area (Å²) < 4.78 is 4.99. The predicted octanol–water partition coefficient (Wildman–Crippen LogP) is 3.24. The molecule has 2 heterocycles. The van der Waals surface area contributed by atoms with E-state index in [-0.39, 0.29) is 6.04 Å². The first kappa shape index (κ1) is 9.77. The van der Waals surface area contributed by atoms with Crippen molar-refractivity contribution >= 4 is 22.9 Å². The molecular formula is C10H10ClNOS. The van der Waals surface area contributed by atoms with Gasteiger partial charge in [0.15, 0.2) is 5.22 Å². The summed E-state index contributed by atoms with van der Waals surface area (Å²) in [7, 11) is 0. The zero-order chi connectivity index (χ0) is 9.97. The fourth-order valence-corrected chi connectivity index (χ4v) is 2.34. The zero-order valence-electron chi connectivity index (χ0n) is 7.44. The summed E-state index contributed by atoms with van der Waals surface area (Å²) in [4.78, 5) is 1.26. The average Bonchev–Trinajstić information content (AvgIpc) is 2.75. The maximum atomic E-state index is 5.99. The molecule has 0 saturated heterocycles. The van der Waals surface area contributed by atoms with E-state index in [1.807, 2.05) is 17.5 Å². The van der Waals surface area contributed by atoms with Gasteiger partial charge in [-0.05, 0) is 29.1 Å². The number of rotatable bonds is 3. The van der Waals surface area contributed by atoms with Crippen LogP contribution in [0.5, 0.6) is 0 Å². The molecule has 2 nitrogen and oxygen atoms in total. The Hall–Kier alpha value is -0.770. The minimum absolute atomic E-state index is 0.0834. The van der Waals surface area contributed by atoms with Gasteiger partial charge in [-0.25, -0.2) is 0 Å². The lowest BCUT2D eigenvalue weighted by Crippen LogP contribution is -2.12. The van der Waals surface area contributed by atoms with Crippen LogP contribution in [0.2, 0.25) is 5.22 Å². The van der Waals surface area contributed by atoms with Crippen LogP contribution in [0, 0.1) is 0 Å². The van der Waals surface area contributed by atoms with E-state index in [1.54, 1.807) is 17.6 Å². The van der Waals surface area contributed by atoms with Crippen LogP contribution < -0.4 is 5.73 Å². The summed E-state index contributed by atoms with van der Waals surface area (Å²) in [6.07, 6.45) is 2.36. The summed E-state index contributed by atoms with van der Waals surface area (Å²) in [5.41, 5.74) is 6.87. The van der Waals surface area contributed by atoms with E-state index in [9.17, 15) is 0 Å². The molecule has 2 rings (SSSR count). The molecular weight excluding hydrogens is 218 g/mol. The number of furan rings is 1. The van der Waals surface area contributed by atoms with E-state index in [1.165, 1.54) is 4.88 Å². The number of nitrogens with two attached hydrogens (primary N) is 1. The van der Waals surface area contributed by atoms with Gasteiger partial charge in [-0.3, -0.25) is 0 Å². The van der Waals surface area contributed by atoms with Gasteiger partial charge in [0, 0.05) is 22.9 Å². The standard InChI is InChI=1S/C10H10ClNOS/c11-10-8(3-4-13-10)9(12)6-7-2-1-5-14-7/h1-5,9H,6,12H2. The van der Waals surface area contributed by atoms with Crippen molar-refractivity contribution in [2.75, 3.05) is 0 Å². The molecule has 0 radical (unpaired) electrons. The third kappa shape index (κ3) is 2.00. The van der Waals surface area contributed by atoms with Crippen molar-refractivity contribution in [3.63, 3.8) is 0 Å². The smallest absolute Gasteiger partial charge is 0.197 e. The molecule has 0 aliphatic carbocycles.